The van der Waals surface area contributed by atoms with Crippen molar-refractivity contribution in [2.75, 3.05) is 59.0 Å². The lowest BCUT2D eigenvalue weighted by atomic mass is 9.96. The number of nitrogens with zero attached hydrogens (tertiary/aromatic N) is 3. The topological polar surface area (TPSA) is 40.1 Å². The first-order valence-corrected chi connectivity index (χ1v) is 10.8. The molecule has 1 N–H and O–H groups in total. The first-order chi connectivity index (χ1) is 13.7. The predicted molar refractivity (Wildman–Crippen MR) is 126 cm³/mol. The summed E-state index contributed by atoms with van der Waals surface area (Å²) in [5.41, 5.74) is 1.13. The van der Waals surface area contributed by atoms with E-state index in [9.17, 15) is 4.39 Å². The molecule has 1 unspecified atom stereocenters. The summed E-state index contributed by atoms with van der Waals surface area (Å²) in [6.45, 7) is 10.9. The zero-order chi connectivity index (χ0) is 19.4. The molecule has 1 aromatic rings. The third kappa shape index (κ3) is 5.82. The Kier molecular flexibility index (Phi) is 8.15. The molecule has 2 heterocycles. The highest BCUT2D eigenvalue weighted by Crippen LogP contribution is 2.48. The number of nitrogens with one attached hydrogen (secondary N) is 1. The largest absolute Gasteiger partial charge is 0.379 e. The minimum atomic E-state index is -0.148. The lowest BCUT2D eigenvalue weighted by Gasteiger charge is -2.29. The van der Waals surface area contributed by atoms with Crippen LogP contribution in [0.5, 0.6) is 0 Å². The van der Waals surface area contributed by atoms with Crippen molar-refractivity contribution < 1.29 is 9.13 Å². The molecule has 4 rings (SSSR count). The lowest BCUT2D eigenvalue weighted by molar-refractivity contribution is 0.0315. The SMILES string of the molecule is CCNC(=NCC1(c2cccc(F)c2)CC1)N1CCC(CN2CCOCC2)C1.I. The molecule has 0 aromatic heterocycles. The summed E-state index contributed by atoms with van der Waals surface area (Å²) in [4.78, 5) is 9.94. The maximum absolute atomic E-state index is 13.7. The monoisotopic (exact) mass is 516 g/mol. The third-order valence-electron chi connectivity index (χ3n) is 6.36. The van der Waals surface area contributed by atoms with E-state index in [2.05, 4.69) is 22.0 Å². The number of ether oxygens (including phenoxy) is 1. The van der Waals surface area contributed by atoms with Gasteiger partial charge in [-0.25, -0.2) is 4.39 Å². The summed E-state index contributed by atoms with van der Waals surface area (Å²) in [5, 5.41) is 3.48. The van der Waals surface area contributed by atoms with Crippen molar-refractivity contribution in [3.05, 3.63) is 35.6 Å². The number of hydrogen-bond acceptors (Lipinski definition) is 3. The fourth-order valence-corrected chi connectivity index (χ4v) is 4.48. The van der Waals surface area contributed by atoms with Crippen LogP contribution < -0.4 is 5.32 Å². The average molecular weight is 516 g/mol. The van der Waals surface area contributed by atoms with Gasteiger partial charge in [-0.2, -0.15) is 0 Å². The molecule has 5 nitrogen and oxygen atoms in total. The van der Waals surface area contributed by atoms with Crippen LogP contribution >= 0.6 is 24.0 Å². The molecule has 2 saturated heterocycles. The van der Waals surface area contributed by atoms with Gasteiger partial charge < -0.3 is 15.0 Å². The predicted octanol–water partition coefficient (Wildman–Crippen LogP) is 3.09. The average Bonchev–Trinajstić information content (AvgIpc) is 3.37. The number of benzene rings is 1. The fourth-order valence-electron chi connectivity index (χ4n) is 4.48. The van der Waals surface area contributed by atoms with Crippen LogP contribution in [0.15, 0.2) is 29.3 Å². The quantitative estimate of drug-likeness (QED) is 0.359. The highest BCUT2D eigenvalue weighted by Gasteiger charge is 2.44. The molecule has 2 aliphatic heterocycles. The number of hydrogen-bond donors (Lipinski definition) is 1. The van der Waals surface area contributed by atoms with Gasteiger partial charge in [0, 0.05) is 44.7 Å². The van der Waals surface area contributed by atoms with E-state index in [0.717, 1.165) is 83.4 Å². The molecule has 1 aromatic carbocycles. The van der Waals surface area contributed by atoms with Crippen molar-refractivity contribution in [2.45, 2.75) is 31.6 Å². The molecule has 0 amide bonds. The van der Waals surface area contributed by atoms with Crippen LogP contribution in [0.4, 0.5) is 4.39 Å². The summed E-state index contributed by atoms with van der Waals surface area (Å²) in [6, 6.07) is 7.07. The van der Waals surface area contributed by atoms with Gasteiger partial charge in [0.2, 0.25) is 0 Å². The molecule has 1 atom stereocenters. The second-order valence-corrected chi connectivity index (χ2v) is 8.47. The summed E-state index contributed by atoms with van der Waals surface area (Å²) < 4.78 is 19.1. The smallest absolute Gasteiger partial charge is 0.193 e. The normalized spacial score (nSPS) is 24.3. The minimum Gasteiger partial charge on any atom is -0.379 e. The van der Waals surface area contributed by atoms with E-state index < -0.39 is 0 Å². The van der Waals surface area contributed by atoms with Crippen LogP contribution in [-0.2, 0) is 10.2 Å². The van der Waals surface area contributed by atoms with Crippen molar-refractivity contribution in [1.82, 2.24) is 15.1 Å². The van der Waals surface area contributed by atoms with Gasteiger partial charge in [0.05, 0.1) is 19.8 Å². The van der Waals surface area contributed by atoms with E-state index in [1.165, 1.54) is 12.5 Å². The Balaban J connectivity index is 0.00000240. The molecule has 29 heavy (non-hydrogen) atoms. The Hall–Kier alpha value is -0.930. The number of halogens is 2. The molecule has 0 radical (unpaired) electrons. The number of morpholine rings is 1. The lowest BCUT2D eigenvalue weighted by Crippen LogP contribution is -2.42. The highest BCUT2D eigenvalue weighted by molar-refractivity contribution is 14.0. The second-order valence-electron chi connectivity index (χ2n) is 8.47. The van der Waals surface area contributed by atoms with E-state index >= 15 is 0 Å². The van der Waals surface area contributed by atoms with Gasteiger partial charge in [-0.1, -0.05) is 12.1 Å². The second kappa shape index (κ2) is 10.4. The minimum absolute atomic E-state index is 0. The van der Waals surface area contributed by atoms with Crippen molar-refractivity contribution in [3.8, 4) is 0 Å². The number of guanidine groups is 1. The maximum atomic E-state index is 13.7. The summed E-state index contributed by atoms with van der Waals surface area (Å²) in [7, 11) is 0. The maximum Gasteiger partial charge on any atom is 0.193 e. The van der Waals surface area contributed by atoms with E-state index in [1.807, 2.05) is 12.1 Å². The summed E-state index contributed by atoms with van der Waals surface area (Å²) >= 11 is 0. The number of rotatable bonds is 6. The standard InChI is InChI=1S/C22H33FN4O.HI/c1-2-24-21(25-17-22(7-8-22)19-4-3-5-20(23)14-19)27-9-6-18(16-27)15-26-10-12-28-13-11-26;/h3-5,14,18H,2,6-13,15-17H2,1H3,(H,24,25);1H. The van der Waals surface area contributed by atoms with Gasteiger partial charge in [0.1, 0.15) is 5.82 Å². The van der Waals surface area contributed by atoms with Crippen molar-refractivity contribution in [3.63, 3.8) is 0 Å². The van der Waals surface area contributed by atoms with Gasteiger partial charge in [-0.05, 0) is 49.8 Å². The number of likely N-dealkylation sites (tertiary alicyclic amines) is 1. The van der Waals surface area contributed by atoms with Crippen LogP contribution in [-0.4, -0.2) is 74.8 Å². The van der Waals surface area contributed by atoms with Crippen LogP contribution in [0.25, 0.3) is 0 Å². The molecule has 162 valence electrons. The van der Waals surface area contributed by atoms with Crippen LogP contribution in [0.1, 0.15) is 31.7 Å². The Morgan fingerprint density at radius 2 is 2.07 bits per heavy atom. The van der Waals surface area contributed by atoms with Gasteiger partial charge in [0.15, 0.2) is 5.96 Å². The van der Waals surface area contributed by atoms with Crippen molar-refractivity contribution in [2.24, 2.45) is 10.9 Å². The molecular weight excluding hydrogens is 482 g/mol. The first-order valence-electron chi connectivity index (χ1n) is 10.8. The molecule has 3 aliphatic rings. The van der Waals surface area contributed by atoms with Gasteiger partial charge in [0.25, 0.3) is 0 Å². The highest BCUT2D eigenvalue weighted by atomic mass is 127. The summed E-state index contributed by atoms with van der Waals surface area (Å²) in [6.07, 6.45) is 3.41. The van der Waals surface area contributed by atoms with Crippen molar-refractivity contribution in [1.29, 1.82) is 0 Å². The van der Waals surface area contributed by atoms with E-state index in [4.69, 9.17) is 9.73 Å². The molecule has 0 spiro atoms. The van der Waals surface area contributed by atoms with E-state index in [0.29, 0.717) is 5.92 Å². The first kappa shape index (κ1) is 22.7. The molecule has 1 saturated carbocycles. The third-order valence-corrected chi connectivity index (χ3v) is 6.36. The molecule has 1 aliphatic carbocycles. The zero-order valence-corrected chi connectivity index (χ0v) is 19.7. The molecular formula is C22H34FIN4O. The van der Waals surface area contributed by atoms with E-state index in [1.54, 1.807) is 6.07 Å². The Labute approximate surface area is 191 Å². The Morgan fingerprint density at radius 1 is 1.28 bits per heavy atom. The number of aliphatic imine (C=N–C) groups is 1. The van der Waals surface area contributed by atoms with Gasteiger partial charge in [-0.3, -0.25) is 9.89 Å². The van der Waals surface area contributed by atoms with Gasteiger partial charge in [-0.15, -0.1) is 24.0 Å². The Morgan fingerprint density at radius 3 is 2.76 bits per heavy atom. The Bertz CT molecular complexity index is 691. The van der Waals surface area contributed by atoms with Crippen molar-refractivity contribution >= 4 is 29.9 Å². The van der Waals surface area contributed by atoms with Crippen LogP contribution in [0.3, 0.4) is 0 Å². The zero-order valence-electron chi connectivity index (χ0n) is 17.4. The van der Waals surface area contributed by atoms with E-state index in [-0.39, 0.29) is 35.2 Å². The molecule has 3 fully saturated rings. The van der Waals surface area contributed by atoms with Crippen LogP contribution in [0, 0.1) is 11.7 Å². The summed E-state index contributed by atoms with van der Waals surface area (Å²) in [5.74, 6) is 1.57. The van der Waals surface area contributed by atoms with Crippen LogP contribution in [0.2, 0.25) is 0 Å². The fraction of sp³-hybridized carbons (Fsp3) is 0.682. The van der Waals surface area contributed by atoms with Gasteiger partial charge >= 0.3 is 0 Å². The molecule has 7 heteroatoms. The molecule has 0 bridgehead atoms.